The lowest BCUT2D eigenvalue weighted by Gasteiger charge is -2.32. The number of ether oxygens (including phenoxy) is 1. The minimum absolute atomic E-state index is 0.111. The molecular formula is C15H22N4O4S. The first-order valence-electron chi connectivity index (χ1n) is 7.95. The normalized spacial score (nSPS) is 19.8. The highest BCUT2D eigenvalue weighted by molar-refractivity contribution is 7.89. The Kier molecular flexibility index (Phi) is 5.14. The fourth-order valence-corrected chi connectivity index (χ4v) is 4.17. The van der Waals surface area contributed by atoms with Crippen LogP contribution in [0.1, 0.15) is 18.5 Å². The molecule has 0 bridgehead atoms. The van der Waals surface area contributed by atoms with Crippen molar-refractivity contribution in [3.05, 3.63) is 18.0 Å². The van der Waals surface area contributed by atoms with Crippen LogP contribution in [0.3, 0.4) is 0 Å². The highest BCUT2D eigenvalue weighted by atomic mass is 32.2. The SMILES string of the molecule is COCCN1CCCC(NS(=O)(=O)c2cnc3onc(C)c3c2)C1. The molecule has 24 heavy (non-hydrogen) atoms. The molecule has 2 aromatic heterocycles. The Morgan fingerprint density at radius 3 is 3.12 bits per heavy atom. The van der Waals surface area contributed by atoms with Gasteiger partial charge in [-0.25, -0.2) is 18.1 Å². The number of hydrogen-bond donors (Lipinski definition) is 1. The summed E-state index contributed by atoms with van der Waals surface area (Å²) in [7, 11) is -1.96. The van der Waals surface area contributed by atoms with Crippen LogP contribution in [0, 0.1) is 6.92 Å². The summed E-state index contributed by atoms with van der Waals surface area (Å²) in [6.45, 7) is 4.86. The van der Waals surface area contributed by atoms with Crippen molar-refractivity contribution in [1.82, 2.24) is 19.8 Å². The summed E-state index contributed by atoms with van der Waals surface area (Å²) < 4.78 is 38.2. The van der Waals surface area contributed by atoms with Crippen molar-refractivity contribution >= 4 is 21.1 Å². The first-order valence-corrected chi connectivity index (χ1v) is 9.43. The van der Waals surface area contributed by atoms with E-state index in [4.69, 9.17) is 9.26 Å². The van der Waals surface area contributed by atoms with E-state index in [0.717, 1.165) is 25.9 Å². The number of rotatable bonds is 6. The Labute approximate surface area is 141 Å². The van der Waals surface area contributed by atoms with Gasteiger partial charge in [-0.05, 0) is 32.4 Å². The van der Waals surface area contributed by atoms with Gasteiger partial charge in [-0.3, -0.25) is 4.90 Å². The van der Waals surface area contributed by atoms with Crippen molar-refractivity contribution in [1.29, 1.82) is 0 Å². The number of hydrogen-bond acceptors (Lipinski definition) is 7. The number of aryl methyl sites for hydroxylation is 1. The second-order valence-electron chi connectivity index (χ2n) is 6.05. The summed E-state index contributed by atoms with van der Waals surface area (Å²) in [5.74, 6) is 0. The molecule has 0 spiro atoms. The summed E-state index contributed by atoms with van der Waals surface area (Å²) >= 11 is 0. The van der Waals surface area contributed by atoms with E-state index in [2.05, 4.69) is 19.8 Å². The van der Waals surface area contributed by atoms with E-state index >= 15 is 0 Å². The second-order valence-corrected chi connectivity index (χ2v) is 7.76. The van der Waals surface area contributed by atoms with Crippen LogP contribution in [-0.4, -0.2) is 62.9 Å². The average Bonchev–Trinajstić information content (AvgIpc) is 2.94. The first-order chi connectivity index (χ1) is 11.5. The van der Waals surface area contributed by atoms with Gasteiger partial charge in [0, 0.05) is 26.2 Å². The summed E-state index contributed by atoms with van der Waals surface area (Å²) in [5, 5.41) is 4.42. The van der Waals surface area contributed by atoms with E-state index < -0.39 is 10.0 Å². The molecule has 1 atom stereocenters. The fraction of sp³-hybridized carbons (Fsp3) is 0.600. The molecule has 1 saturated heterocycles. The fourth-order valence-electron chi connectivity index (χ4n) is 2.94. The number of fused-ring (bicyclic) bond motifs is 1. The van der Waals surface area contributed by atoms with Crippen LogP contribution in [0.4, 0.5) is 0 Å². The van der Waals surface area contributed by atoms with Crippen LogP contribution in [0.2, 0.25) is 0 Å². The number of nitrogens with zero attached hydrogens (tertiary/aromatic N) is 3. The van der Waals surface area contributed by atoms with Gasteiger partial charge in [-0.15, -0.1) is 0 Å². The number of aromatic nitrogens is 2. The molecule has 3 heterocycles. The monoisotopic (exact) mass is 354 g/mol. The second kappa shape index (κ2) is 7.14. The van der Waals surface area contributed by atoms with Gasteiger partial charge in [0.25, 0.3) is 5.71 Å². The third kappa shape index (κ3) is 3.75. The van der Waals surface area contributed by atoms with E-state index in [1.54, 1.807) is 20.1 Å². The Hall–Kier alpha value is -1.55. The number of likely N-dealkylation sites (tertiary alicyclic amines) is 1. The van der Waals surface area contributed by atoms with E-state index in [-0.39, 0.29) is 10.9 Å². The Morgan fingerprint density at radius 2 is 2.33 bits per heavy atom. The van der Waals surface area contributed by atoms with Crippen LogP contribution >= 0.6 is 0 Å². The largest absolute Gasteiger partial charge is 0.383 e. The quantitative estimate of drug-likeness (QED) is 0.824. The summed E-state index contributed by atoms with van der Waals surface area (Å²) in [6, 6.07) is 1.45. The summed E-state index contributed by atoms with van der Waals surface area (Å²) in [4.78, 5) is 6.39. The number of piperidine rings is 1. The lowest BCUT2D eigenvalue weighted by atomic mass is 10.1. The highest BCUT2D eigenvalue weighted by Crippen LogP contribution is 2.20. The van der Waals surface area contributed by atoms with Crippen molar-refractivity contribution in [2.24, 2.45) is 0 Å². The zero-order valence-corrected chi connectivity index (χ0v) is 14.7. The van der Waals surface area contributed by atoms with Crippen molar-refractivity contribution in [2.75, 3.05) is 33.4 Å². The van der Waals surface area contributed by atoms with Crippen molar-refractivity contribution < 1.29 is 17.7 Å². The maximum absolute atomic E-state index is 12.7. The number of nitrogens with one attached hydrogen (secondary N) is 1. The van der Waals surface area contributed by atoms with Crippen LogP contribution in [0.5, 0.6) is 0 Å². The van der Waals surface area contributed by atoms with Crippen LogP contribution in [0.15, 0.2) is 21.7 Å². The molecule has 132 valence electrons. The van der Waals surface area contributed by atoms with Gasteiger partial charge in [0.05, 0.1) is 23.9 Å². The molecule has 0 saturated carbocycles. The molecule has 0 amide bonds. The molecule has 3 rings (SSSR count). The maximum Gasteiger partial charge on any atom is 0.257 e. The highest BCUT2D eigenvalue weighted by Gasteiger charge is 2.26. The van der Waals surface area contributed by atoms with E-state index in [1.807, 2.05) is 0 Å². The smallest absolute Gasteiger partial charge is 0.257 e. The molecule has 8 nitrogen and oxygen atoms in total. The van der Waals surface area contributed by atoms with Gasteiger partial charge < -0.3 is 9.26 Å². The first kappa shape index (κ1) is 17.3. The Morgan fingerprint density at radius 1 is 1.50 bits per heavy atom. The minimum Gasteiger partial charge on any atom is -0.383 e. The topological polar surface area (TPSA) is 97.6 Å². The number of sulfonamides is 1. The van der Waals surface area contributed by atoms with Crippen molar-refractivity contribution in [2.45, 2.75) is 30.7 Å². The maximum atomic E-state index is 12.7. The molecule has 1 unspecified atom stereocenters. The van der Waals surface area contributed by atoms with Gasteiger partial charge >= 0.3 is 0 Å². The van der Waals surface area contributed by atoms with Gasteiger partial charge in [-0.1, -0.05) is 5.16 Å². The molecule has 1 aliphatic heterocycles. The van der Waals surface area contributed by atoms with Crippen molar-refractivity contribution in [3.8, 4) is 0 Å². The van der Waals surface area contributed by atoms with Crippen molar-refractivity contribution in [3.63, 3.8) is 0 Å². The molecule has 1 N–H and O–H groups in total. The molecule has 0 aliphatic carbocycles. The third-order valence-corrected chi connectivity index (χ3v) is 5.72. The van der Waals surface area contributed by atoms with Crippen LogP contribution in [-0.2, 0) is 14.8 Å². The summed E-state index contributed by atoms with van der Waals surface area (Å²) in [5.41, 5.74) is 0.966. The van der Waals surface area contributed by atoms with E-state index in [9.17, 15) is 8.42 Å². The van der Waals surface area contributed by atoms with Gasteiger partial charge in [-0.2, -0.15) is 0 Å². The predicted molar refractivity (Wildman–Crippen MR) is 88.2 cm³/mol. The Balaban J connectivity index is 1.73. The van der Waals surface area contributed by atoms with Crippen LogP contribution in [0.25, 0.3) is 11.1 Å². The van der Waals surface area contributed by atoms with E-state index in [0.29, 0.717) is 29.9 Å². The van der Waals surface area contributed by atoms with Gasteiger partial charge in [0.2, 0.25) is 10.0 Å². The molecule has 1 aliphatic rings. The van der Waals surface area contributed by atoms with Gasteiger partial charge in [0.1, 0.15) is 4.90 Å². The zero-order chi connectivity index (χ0) is 17.2. The molecule has 0 radical (unpaired) electrons. The molecule has 2 aromatic rings. The lowest BCUT2D eigenvalue weighted by molar-refractivity contribution is 0.126. The number of methoxy groups -OCH3 is 1. The molecular weight excluding hydrogens is 332 g/mol. The average molecular weight is 354 g/mol. The summed E-state index contributed by atoms with van der Waals surface area (Å²) in [6.07, 6.45) is 3.09. The molecule has 1 fully saturated rings. The predicted octanol–water partition coefficient (Wildman–Crippen LogP) is 0.920. The zero-order valence-electron chi connectivity index (χ0n) is 13.9. The van der Waals surface area contributed by atoms with Crippen LogP contribution < -0.4 is 4.72 Å². The Bertz CT molecular complexity index is 805. The van der Waals surface area contributed by atoms with Gasteiger partial charge in [0.15, 0.2) is 0 Å². The minimum atomic E-state index is -3.63. The standard InChI is InChI=1S/C15H22N4O4S/c1-11-14-8-13(9-16-15(14)23-17-11)24(20,21)18-12-4-3-5-19(10-12)6-7-22-2/h8-9,12,18H,3-7,10H2,1-2H3. The molecule has 9 heteroatoms. The molecule has 0 aromatic carbocycles. The lowest BCUT2D eigenvalue weighted by Crippen LogP contribution is -2.48. The van der Waals surface area contributed by atoms with E-state index in [1.165, 1.54) is 6.20 Å². The number of pyridine rings is 1. The third-order valence-electron chi connectivity index (χ3n) is 4.23.